The van der Waals surface area contributed by atoms with Crippen molar-refractivity contribution in [3.63, 3.8) is 0 Å². The van der Waals surface area contributed by atoms with Crippen LogP contribution in [0.15, 0.2) is 53.4 Å². The molecule has 2 aromatic rings. The molecule has 9 heteroatoms. The number of carbonyl (C=O) groups is 2. The van der Waals surface area contributed by atoms with Crippen molar-refractivity contribution in [2.24, 2.45) is 5.92 Å². The minimum absolute atomic E-state index is 0.126. The Hall–Kier alpha value is -2.91. The first-order chi connectivity index (χ1) is 13.7. The van der Waals surface area contributed by atoms with Crippen molar-refractivity contribution < 1.29 is 27.5 Å². The average Bonchev–Trinajstić information content (AvgIpc) is 2.71. The molecule has 2 N–H and O–H groups in total. The van der Waals surface area contributed by atoms with Crippen molar-refractivity contribution in [3.8, 4) is 5.75 Å². The number of hydrogen-bond donors (Lipinski definition) is 2. The maximum Gasteiger partial charge on any atom is 0.337 e. The monoisotopic (exact) mass is 420 g/mol. The quantitative estimate of drug-likeness (QED) is 0.603. The van der Waals surface area contributed by atoms with Crippen LogP contribution < -0.4 is 14.8 Å². The van der Waals surface area contributed by atoms with Crippen LogP contribution in [0.3, 0.4) is 0 Å². The predicted molar refractivity (Wildman–Crippen MR) is 108 cm³/mol. The van der Waals surface area contributed by atoms with Gasteiger partial charge in [-0.1, -0.05) is 13.8 Å². The average molecular weight is 420 g/mol. The van der Waals surface area contributed by atoms with Gasteiger partial charge in [-0.25, -0.2) is 17.9 Å². The van der Waals surface area contributed by atoms with E-state index < -0.39 is 21.9 Å². The number of esters is 1. The summed E-state index contributed by atoms with van der Waals surface area (Å²) in [6.45, 7) is 3.92. The largest absolute Gasteiger partial charge is 0.484 e. The lowest BCUT2D eigenvalue weighted by Gasteiger charge is -2.10. The molecule has 0 fully saturated rings. The van der Waals surface area contributed by atoms with E-state index in [9.17, 15) is 18.0 Å². The highest BCUT2D eigenvalue weighted by Gasteiger charge is 2.14. The number of benzene rings is 2. The summed E-state index contributed by atoms with van der Waals surface area (Å²) in [4.78, 5) is 23.5. The van der Waals surface area contributed by atoms with E-state index in [-0.39, 0.29) is 17.4 Å². The first-order valence-corrected chi connectivity index (χ1v) is 10.4. The lowest BCUT2D eigenvalue weighted by atomic mass is 10.2. The van der Waals surface area contributed by atoms with Gasteiger partial charge in [0.15, 0.2) is 6.61 Å². The van der Waals surface area contributed by atoms with Gasteiger partial charge in [0.1, 0.15) is 5.75 Å². The van der Waals surface area contributed by atoms with Crippen molar-refractivity contribution in [2.75, 3.05) is 25.6 Å². The third kappa shape index (κ3) is 6.88. The SMILES string of the molecule is COC(=O)c1ccc(NC(=O)COc2ccc(S(=O)(=O)NCC(C)C)cc2)cc1. The van der Waals surface area contributed by atoms with Gasteiger partial charge in [0.2, 0.25) is 10.0 Å². The summed E-state index contributed by atoms with van der Waals surface area (Å²) in [5.74, 6) is -0.297. The first kappa shape index (κ1) is 22.4. The van der Waals surface area contributed by atoms with Gasteiger partial charge in [-0.15, -0.1) is 0 Å². The van der Waals surface area contributed by atoms with Crippen molar-refractivity contribution in [2.45, 2.75) is 18.7 Å². The molecule has 1 amide bonds. The Morgan fingerprint density at radius 2 is 1.62 bits per heavy atom. The van der Waals surface area contributed by atoms with Crippen LogP contribution in [0.5, 0.6) is 5.75 Å². The van der Waals surface area contributed by atoms with Gasteiger partial charge in [0.25, 0.3) is 5.91 Å². The number of rotatable bonds is 9. The van der Waals surface area contributed by atoms with E-state index in [4.69, 9.17) is 4.74 Å². The van der Waals surface area contributed by atoms with Crippen molar-refractivity contribution in [3.05, 3.63) is 54.1 Å². The predicted octanol–water partition coefficient (Wildman–Crippen LogP) is 2.42. The van der Waals surface area contributed by atoms with Gasteiger partial charge in [-0.05, 0) is 54.4 Å². The summed E-state index contributed by atoms with van der Waals surface area (Å²) in [6.07, 6.45) is 0. The second-order valence-electron chi connectivity index (χ2n) is 6.62. The zero-order valence-electron chi connectivity index (χ0n) is 16.5. The normalized spacial score (nSPS) is 11.2. The van der Waals surface area contributed by atoms with Gasteiger partial charge in [0.05, 0.1) is 17.6 Å². The Bertz CT molecular complexity index is 938. The third-order valence-corrected chi connectivity index (χ3v) is 5.21. The zero-order chi connectivity index (χ0) is 21.4. The molecular formula is C20H24N2O6S. The number of ether oxygens (including phenoxy) is 2. The van der Waals surface area contributed by atoms with Crippen LogP contribution in [0.25, 0.3) is 0 Å². The first-order valence-electron chi connectivity index (χ1n) is 8.92. The van der Waals surface area contributed by atoms with E-state index in [1.165, 1.54) is 43.5 Å². The van der Waals surface area contributed by atoms with Crippen LogP contribution in [0.2, 0.25) is 0 Å². The second kappa shape index (κ2) is 10.0. The lowest BCUT2D eigenvalue weighted by Crippen LogP contribution is -2.27. The fraction of sp³-hybridized carbons (Fsp3) is 0.300. The number of amides is 1. The molecule has 0 saturated heterocycles. The van der Waals surface area contributed by atoms with Crippen molar-refractivity contribution in [1.82, 2.24) is 4.72 Å². The van der Waals surface area contributed by atoms with Crippen LogP contribution in [0.4, 0.5) is 5.69 Å². The molecule has 0 atom stereocenters. The Kier molecular flexibility index (Phi) is 7.74. The Labute approximate surface area is 170 Å². The molecule has 0 saturated carbocycles. The van der Waals surface area contributed by atoms with Crippen LogP contribution in [-0.4, -0.2) is 40.6 Å². The summed E-state index contributed by atoms with van der Waals surface area (Å²) in [6, 6.07) is 12.0. The number of methoxy groups -OCH3 is 1. The summed E-state index contributed by atoms with van der Waals surface area (Å²) in [7, 11) is -2.28. The van der Waals surface area contributed by atoms with Gasteiger partial charge >= 0.3 is 5.97 Å². The molecule has 0 aliphatic rings. The Balaban J connectivity index is 1.88. The molecule has 0 aromatic heterocycles. The van der Waals surface area contributed by atoms with E-state index in [1.807, 2.05) is 13.8 Å². The maximum absolute atomic E-state index is 12.2. The third-order valence-electron chi connectivity index (χ3n) is 3.78. The molecule has 0 heterocycles. The Morgan fingerprint density at radius 1 is 1.00 bits per heavy atom. The topological polar surface area (TPSA) is 111 Å². The Morgan fingerprint density at radius 3 is 2.17 bits per heavy atom. The van der Waals surface area contributed by atoms with Crippen LogP contribution in [0, 0.1) is 5.92 Å². The fourth-order valence-electron chi connectivity index (χ4n) is 2.23. The van der Waals surface area contributed by atoms with Crippen LogP contribution in [-0.2, 0) is 19.6 Å². The van der Waals surface area contributed by atoms with Gasteiger partial charge < -0.3 is 14.8 Å². The summed E-state index contributed by atoms with van der Waals surface area (Å²) >= 11 is 0. The zero-order valence-corrected chi connectivity index (χ0v) is 17.3. The van der Waals surface area contributed by atoms with E-state index in [0.29, 0.717) is 23.5 Å². The number of anilines is 1. The standard InChI is InChI=1S/C20H24N2O6S/c1-14(2)12-21-29(25,26)18-10-8-17(9-11-18)28-13-19(23)22-16-6-4-15(5-7-16)20(24)27-3/h4-11,14,21H,12-13H2,1-3H3,(H,22,23). The number of carbonyl (C=O) groups excluding carboxylic acids is 2. The minimum atomic E-state index is -3.57. The summed E-state index contributed by atoms with van der Waals surface area (Å²) in [5, 5.41) is 2.64. The lowest BCUT2D eigenvalue weighted by molar-refractivity contribution is -0.118. The highest BCUT2D eigenvalue weighted by Crippen LogP contribution is 2.16. The van der Waals surface area contributed by atoms with E-state index in [0.717, 1.165) is 0 Å². The molecule has 0 bridgehead atoms. The smallest absolute Gasteiger partial charge is 0.337 e. The fourth-order valence-corrected chi connectivity index (χ4v) is 3.44. The molecule has 0 unspecified atom stereocenters. The molecule has 0 aliphatic heterocycles. The van der Waals surface area contributed by atoms with Crippen LogP contribution in [0.1, 0.15) is 24.2 Å². The minimum Gasteiger partial charge on any atom is -0.484 e. The molecule has 2 rings (SSSR count). The van der Waals surface area contributed by atoms with Crippen molar-refractivity contribution >= 4 is 27.6 Å². The number of hydrogen-bond acceptors (Lipinski definition) is 6. The van der Waals surface area contributed by atoms with E-state index >= 15 is 0 Å². The molecule has 0 aliphatic carbocycles. The molecule has 8 nitrogen and oxygen atoms in total. The molecule has 29 heavy (non-hydrogen) atoms. The summed E-state index contributed by atoms with van der Waals surface area (Å²) in [5.41, 5.74) is 0.878. The van der Waals surface area contributed by atoms with Gasteiger partial charge in [-0.2, -0.15) is 0 Å². The number of nitrogens with one attached hydrogen (secondary N) is 2. The molecule has 0 radical (unpaired) electrons. The molecular weight excluding hydrogens is 396 g/mol. The van der Waals surface area contributed by atoms with E-state index in [1.54, 1.807) is 12.1 Å². The molecule has 156 valence electrons. The second-order valence-corrected chi connectivity index (χ2v) is 8.39. The molecule has 2 aromatic carbocycles. The summed E-state index contributed by atoms with van der Waals surface area (Å²) < 4.78 is 36.8. The highest BCUT2D eigenvalue weighted by molar-refractivity contribution is 7.89. The molecule has 0 spiro atoms. The highest BCUT2D eigenvalue weighted by atomic mass is 32.2. The van der Waals surface area contributed by atoms with Crippen LogP contribution >= 0.6 is 0 Å². The van der Waals surface area contributed by atoms with Crippen molar-refractivity contribution in [1.29, 1.82) is 0 Å². The van der Waals surface area contributed by atoms with E-state index in [2.05, 4.69) is 14.8 Å². The maximum atomic E-state index is 12.2. The van der Waals surface area contributed by atoms with Gasteiger partial charge in [-0.3, -0.25) is 4.79 Å². The van der Waals surface area contributed by atoms with Gasteiger partial charge in [0, 0.05) is 12.2 Å². The number of sulfonamides is 1.